The Kier molecular flexibility index (Phi) is 7.06. The third-order valence-electron chi connectivity index (χ3n) is 4.91. The Bertz CT molecular complexity index is 691. The summed E-state index contributed by atoms with van der Waals surface area (Å²) in [5.74, 6) is 0.346. The summed E-state index contributed by atoms with van der Waals surface area (Å²) in [7, 11) is 0. The van der Waals surface area contributed by atoms with E-state index in [1.165, 1.54) is 0 Å². The fourth-order valence-electron chi connectivity index (χ4n) is 3.61. The van der Waals surface area contributed by atoms with E-state index < -0.39 is 0 Å². The van der Waals surface area contributed by atoms with Crippen LogP contribution in [-0.4, -0.2) is 33.6 Å². The number of benzene rings is 2. The molecule has 0 atom stereocenters. The van der Waals surface area contributed by atoms with Gasteiger partial charge in [0.25, 0.3) is 0 Å². The van der Waals surface area contributed by atoms with Crippen molar-refractivity contribution < 1.29 is 20.4 Å². The number of phenols is 2. The summed E-state index contributed by atoms with van der Waals surface area (Å²) >= 11 is 0. The molecule has 0 saturated heterocycles. The molecule has 2 aromatic carbocycles. The quantitative estimate of drug-likeness (QED) is 0.580. The van der Waals surface area contributed by atoms with Gasteiger partial charge in [0.1, 0.15) is 11.5 Å². The van der Waals surface area contributed by atoms with Gasteiger partial charge in [-0.15, -0.1) is 0 Å². The molecule has 0 saturated carbocycles. The number of hydrogen-bond donors (Lipinski definition) is 4. The Morgan fingerprint density at radius 2 is 1.19 bits per heavy atom. The van der Waals surface area contributed by atoms with Crippen LogP contribution in [0.4, 0.5) is 0 Å². The molecule has 0 aromatic heterocycles. The fraction of sp³-hybridized carbons (Fsp3) is 0.455. The second-order valence-corrected chi connectivity index (χ2v) is 6.99. The third-order valence-corrected chi connectivity index (χ3v) is 4.91. The number of aliphatic hydroxyl groups is 2. The number of aromatic hydroxyl groups is 2. The molecule has 0 aliphatic heterocycles. The van der Waals surface area contributed by atoms with Crippen molar-refractivity contribution in [3.8, 4) is 11.5 Å². The van der Waals surface area contributed by atoms with Crippen molar-refractivity contribution in [3.05, 3.63) is 57.6 Å². The van der Waals surface area contributed by atoms with Crippen LogP contribution in [0.2, 0.25) is 0 Å². The molecule has 2 aromatic rings. The first-order chi connectivity index (χ1) is 12.4. The van der Waals surface area contributed by atoms with Gasteiger partial charge >= 0.3 is 0 Å². The maximum atomic E-state index is 10.7. The Morgan fingerprint density at radius 1 is 0.769 bits per heavy atom. The summed E-state index contributed by atoms with van der Waals surface area (Å²) in [5.41, 5.74) is 5.06. The molecule has 0 radical (unpaired) electrons. The maximum absolute atomic E-state index is 10.7. The lowest BCUT2D eigenvalue weighted by molar-refractivity contribution is 0.299. The van der Waals surface area contributed by atoms with E-state index in [0.29, 0.717) is 12.8 Å². The number of aryl methyl sites for hydroxylation is 2. The zero-order chi connectivity index (χ0) is 19.3. The standard InChI is InChI=1S/C22H30O4/c1-4-5-18(19-12-16(6-8-23)10-14(2)21(19)25)20-13-17(7-9-24)11-15(3)22(20)26/h10-13,18,23-26H,4-9H2,1-3H3. The van der Waals surface area contributed by atoms with Crippen LogP contribution < -0.4 is 0 Å². The van der Waals surface area contributed by atoms with E-state index in [-0.39, 0.29) is 30.6 Å². The number of aliphatic hydroxyl groups excluding tert-OH is 2. The van der Waals surface area contributed by atoms with Crippen LogP contribution in [0.25, 0.3) is 0 Å². The zero-order valence-corrected chi connectivity index (χ0v) is 15.9. The highest BCUT2D eigenvalue weighted by atomic mass is 16.3. The molecule has 142 valence electrons. The Labute approximate surface area is 155 Å². The second-order valence-electron chi connectivity index (χ2n) is 6.99. The van der Waals surface area contributed by atoms with E-state index in [1.807, 2.05) is 38.1 Å². The average Bonchev–Trinajstić information content (AvgIpc) is 2.60. The monoisotopic (exact) mass is 358 g/mol. The Hall–Kier alpha value is -2.04. The molecule has 0 fully saturated rings. The predicted octanol–water partition coefficient (Wildman–Crippen LogP) is 3.72. The largest absolute Gasteiger partial charge is 0.507 e. The van der Waals surface area contributed by atoms with Crippen molar-refractivity contribution >= 4 is 0 Å². The van der Waals surface area contributed by atoms with Gasteiger partial charge in [-0.3, -0.25) is 0 Å². The van der Waals surface area contributed by atoms with E-state index in [0.717, 1.165) is 46.2 Å². The molecule has 4 N–H and O–H groups in total. The maximum Gasteiger partial charge on any atom is 0.122 e. The van der Waals surface area contributed by atoms with Crippen molar-refractivity contribution in [2.24, 2.45) is 0 Å². The van der Waals surface area contributed by atoms with Crippen molar-refractivity contribution in [3.63, 3.8) is 0 Å². The first-order valence-electron chi connectivity index (χ1n) is 9.29. The van der Waals surface area contributed by atoms with Gasteiger partial charge in [-0.2, -0.15) is 0 Å². The lowest BCUT2D eigenvalue weighted by Crippen LogP contribution is -2.06. The van der Waals surface area contributed by atoms with Gasteiger partial charge in [-0.05, 0) is 55.4 Å². The van der Waals surface area contributed by atoms with Gasteiger partial charge in [0, 0.05) is 30.3 Å². The highest BCUT2D eigenvalue weighted by Crippen LogP contribution is 2.42. The van der Waals surface area contributed by atoms with E-state index in [2.05, 4.69) is 6.92 Å². The lowest BCUT2D eigenvalue weighted by Gasteiger charge is -2.23. The number of phenolic OH excluding ortho intramolecular Hbond substituents is 2. The van der Waals surface area contributed by atoms with Crippen LogP contribution in [0.1, 0.15) is 59.1 Å². The van der Waals surface area contributed by atoms with Gasteiger partial charge in [0.15, 0.2) is 0 Å². The van der Waals surface area contributed by atoms with Gasteiger partial charge in [-0.1, -0.05) is 37.6 Å². The second kappa shape index (κ2) is 9.06. The molecule has 0 unspecified atom stereocenters. The Morgan fingerprint density at radius 3 is 1.54 bits per heavy atom. The average molecular weight is 358 g/mol. The van der Waals surface area contributed by atoms with E-state index in [1.54, 1.807) is 0 Å². The smallest absolute Gasteiger partial charge is 0.122 e. The normalized spacial score (nSPS) is 11.3. The van der Waals surface area contributed by atoms with Crippen LogP contribution in [0.3, 0.4) is 0 Å². The minimum Gasteiger partial charge on any atom is -0.507 e. The van der Waals surface area contributed by atoms with Crippen LogP contribution >= 0.6 is 0 Å². The predicted molar refractivity (Wildman–Crippen MR) is 104 cm³/mol. The minimum atomic E-state index is -0.144. The summed E-state index contributed by atoms with van der Waals surface area (Å²) in [6.07, 6.45) is 2.74. The SMILES string of the molecule is CCCC(c1cc(CCO)cc(C)c1O)c1cc(CCO)cc(C)c1O. The first-order valence-corrected chi connectivity index (χ1v) is 9.29. The molecule has 4 heteroatoms. The lowest BCUT2D eigenvalue weighted by atomic mass is 9.83. The summed E-state index contributed by atoms with van der Waals surface area (Å²) < 4.78 is 0. The molecule has 0 aliphatic rings. The molecule has 26 heavy (non-hydrogen) atoms. The van der Waals surface area contributed by atoms with E-state index in [4.69, 9.17) is 0 Å². The van der Waals surface area contributed by atoms with Crippen molar-refractivity contribution in [2.45, 2.75) is 52.4 Å². The fourth-order valence-corrected chi connectivity index (χ4v) is 3.61. The summed E-state index contributed by atoms with van der Waals surface area (Å²) in [4.78, 5) is 0. The molecular weight excluding hydrogens is 328 g/mol. The van der Waals surface area contributed by atoms with Crippen molar-refractivity contribution in [2.75, 3.05) is 13.2 Å². The van der Waals surface area contributed by atoms with Crippen LogP contribution in [0, 0.1) is 13.8 Å². The van der Waals surface area contributed by atoms with Gasteiger partial charge < -0.3 is 20.4 Å². The molecule has 2 rings (SSSR count). The van der Waals surface area contributed by atoms with E-state index >= 15 is 0 Å². The molecular formula is C22H30O4. The van der Waals surface area contributed by atoms with E-state index in [9.17, 15) is 20.4 Å². The summed E-state index contributed by atoms with van der Waals surface area (Å²) in [6, 6.07) is 7.66. The highest BCUT2D eigenvalue weighted by molar-refractivity contribution is 5.53. The molecule has 0 aliphatic carbocycles. The number of rotatable bonds is 8. The molecule has 0 amide bonds. The first kappa shape index (κ1) is 20.3. The van der Waals surface area contributed by atoms with Crippen molar-refractivity contribution in [1.29, 1.82) is 0 Å². The van der Waals surface area contributed by atoms with Crippen molar-refractivity contribution in [1.82, 2.24) is 0 Å². The van der Waals surface area contributed by atoms with Crippen LogP contribution in [0.5, 0.6) is 11.5 Å². The number of hydrogen-bond acceptors (Lipinski definition) is 4. The highest BCUT2D eigenvalue weighted by Gasteiger charge is 2.23. The van der Waals surface area contributed by atoms with Gasteiger partial charge in [0.2, 0.25) is 0 Å². The van der Waals surface area contributed by atoms with Crippen LogP contribution in [0.15, 0.2) is 24.3 Å². The summed E-state index contributed by atoms with van der Waals surface area (Å²) in [5, 5.41) is 40.0. The van der Waals surface area contributed by atoms with Crippen LogP contribution in [-0.2, 0) is 12.8 Å². The Balaban J connectivity index is 2.63. The molecule has 0 spiro atoms. The topological polar surface area (TPSA) is 80.9 Å². The molecule has 0 bridgehead atoms. The third kappa shape index (κ3) is 4.37. The molecule has 4 nitrogen and oxygen atoms in total. The zero-order valence-electron chi connectivity index (χ0n) is 15.9. The minimum absolute atomic E-state index is 0.0540. The van der Waals surface area contributed by atoms with Gasteiger partial charge in [-0.25, -0.2) is 0 Å². The van der Waals surface area contributed by atoms with Gasteiger partial charge in [0.05, 0.1) is 0 Å². The molecule has 0 heterocycles. The summed E-state index contributed by atoms with van der Waals surface area (Å²) in [6.45, 7) is 5.90.